The second kappa shape index (κ2) is 6.69. The highest BCUT2D eigenvalue weighted by Crippen LogP contribution is 2.22. The van der Waals surface area contributed by atoms with Crippen molar-refractivity contribution in [1.29, 1.82) is 0 Å². The first-order chi connectivity index (χ1) is 9.16. The zero-order valence-electron chi connectivity index (χ0n) is 11.7. The highest BCUT2D eigenvalue weighted by molar-refractivity contribution is 9.10. The van der Waals surface area contributed by atoms with Gasteiger partial charge in [-0.2, -0.15) is 0 Å². The van der Waals surface area contributed by atoms with Gasteiger partial charge in [-0.3, -0.25) is 4.79 Å². The maximum Gasteiger partial charge on any atom is 0.251 e. The van der Waals surface area contributed by atoms with Crippen LogP contribution in [0.1, 0.15) is 37.6 Å². The average Bonchev–Trinajstić information content (AvgIpc) is 2.34. The molecule has 0 aromatic heterocycles. The van der Waals surface area contributed by atoms with E-state index in [4.69, 9.17) is 5.14 Å². The van der Waals surface area contributed by atoms with Crippen molar-refractivity contribution in [3.63, 3.8) is 0 Å². The van der Waals surface area contributed by atoms with E-state index in [1.807, 2.05) is 20.8 Å². The van der Waals surface area contributed by atoms with Crippen molar-refractivity contribution in [2.75, 3.05) is 0 Å². The molecule has 1 aromatic rings. The Kier molecular flexibility index (Phi) is 5.73. The first-order valence-electron chi connectivity index (χ1n) is 6.30. The molecule has 112 valence electrons. The van der Waals surface area contributed by atoms with Crippen LogP contribution in [0.5, 0.6) is 0 Å². The molecule has 0 spiro atoms. The predicted octanol–water partition coefficient (Wildman–Crippen LogP) is 2.26. The third-order valence-electron chi connectivity index (χ3n) is 3.06. The highest BCUT2D eigenvalue weighted by atomic mass is 79.9. The normalized spacial score (nSPS) is 13.3. The SMILES string of the molecule is CCC(NC(=O)c1ccc(Br)c(S(N)(=O)=O)c1)C(C)C. The lowest BCUT2D eigenvalue weighted by Gasteiger charge is -2.20. The van der Waals surface area contributed by atoms with E-state index >= 15 is 0 Å². The van der Waals surface area contributed by atoms with Crippen LogP contribution in [0.4, 0.5) is 0 Å². The molecule has 1 unspecified atom stereocenters. The van der Waals surface area contributed by atoms with E-state index < -0.39 is 10.0 Å². The first kappa shape index (κ1) is 17.1. The summed E-state index contributed by atoms with van der Waals surface area (Å²) in [4.78, 5) is 12.1. The van der Waals surface area contributed by atoms with Gasteiger partial charge in [-0.05, 0) is 46.5 Å². The lowest BCUT2D eigenvalue weighted by atomic mass is 10.0. The molecular weight excluding hydrogens is 344 g/mol. The molecule has 5 nitrogen and oxygen atoms in total. The van der Waals surface area contributed by atoms with Gasteiger partial charge in [0.1, 0.15) is 0 Å². The van der Waals surface area contributed by atoms with Crippen LogP contribution in [-0.4, -0.2) is 20.4 Å². The number of amides is 1. The summed E-state index contributed by atoms with van der Waals surface area (Å²) < 4.78 is 23.2. The number of sulfonamides is 1. The monoisotopic (exact) mass is 362 g/mol. The highest BCUT2D eigenvalue weighted by Gasteiger charge is 2.19. The molecule has 1 amide bonds. The largest absolute Gasteiger partial charge is 0.349 e. The Labute approximate surface area is 128 Å². The number of primary sulfonamides is 1. The number of halogens is 1. The van der Waals surface area contributed by atoms with Gasteiger partial charge in [-0.15, -0.1) is 0 Å². The molecule has 0 saturated carbocycles. The molecule has 1 rings (SSSR count). The Morgan fingerprint density at radius 2 is 2.00 bits per heavy atom. The number of nitrogens with one attached hydrogen (secondary N) is 1. The second-order valence-corrected chi connectivity index (χ2v) is 7.31. The molecule has 1 aromatic carbocycles. The Morgan fingerprint density at radius 1 is 1.40 bits per heavy atom. The summed E-state index contributed by atoms with van der Waals surface area (Å²) in [6.07, 6.45) is 0.808. The number of hydrogen-bond acceptors (Lipinski definition) is 3. The molecule has 3 N–H and O–H groups in total. The Balaban J connectivity index is 3.07. The van der Waals surface area contributed by atoms with E-state index in [2.05, 4.69) is 21.2 Å². The Morgan fingerprint density at radius 3 is 2.45 bits per heavy atom. The molecular formula is C13H19BrN2O3S. The molecule has 7 heteroatoms. The minimum atomic E-state index is -3.87. The van der Waals surface area contributed by atoms with Crippen LogP contribution in [0.25, 0.3) is 0 Å². The zero-order chi connectivity index (χ0) is 15.5. The third-order valence-corrected chi connectivity index (χ3v) is 4.97. The number of carbonyl (C=O) groups is 1. The maximum absolute atomic E-state index is 12.1. The molecule has 0 aliphatic rings. The van der Waals surface area contributed by atoms with Gasteiger partial charge in [0.15, 0.2) is 0 Å². The van der Waals surface area contributed by atoms with Gasteiger partial charge in [0, 0.05) is 16.1 Å². The number of carbonyl (C=O) groups excluding carboxylic acids is 1. The number of benzene rings is 1. The summed E-state index contributed by atoms with van der Waals surface area (Å²) in [5.41, 5.74) is 0.274. The van der Waals surface area contributed by atoms with Gasteiger partial charge >= 0.3 is 0 Å². The van der Waals surface area contributed by atoms with Gasteiger partial charge in [-0.25, -0.2) is 13.6 Å². The van der Waals surface area contributed by atoms with Crippen molar-refractivity contribution < 1.29 is 13.2 Å². The Hall–Kier alpha value is -0.920. The smallest absolute Gasteiger partial charge is 0.251 e. The zero-order valence-corrected chi connectivity index (χ0v) is 14.1. The number of rotatable bonds is 5. The summed E-state index contributed by atoms with van der Waals surface area (Å²) in [5, 5.41) is 8.00. The fourth-order valence-corrected chi connectivity index (χ4v) is 3.41. The van der Waals surface area contributed by atoms with Crippen molar-refractivity contribution in [1.82, 2.24) is 5.32 Å². The third kappa shape index (κ3) is 4.29. The van der Waals surface area contributed by atoms with Gasteiger partial charge in [-0.1, -0.05) is 20.8 Å². The van der Waals surface area contributed by atoms with Gasteiger partial charge in [0.05, 0.1) is 4.90 Å². The summed E-state index contributed by atoms with van der Waals surface area (Å²) in [6.45, 7) is 6.03. The lowest BCUT2D eigenvalue weighted by Crippen LogP contribution is -2.38. The van der Waals surface area contributed by atoms with E-state index in [-0.39, 0.29) is 22.4 Å². The molecule has 0 bridgehead atoms. The van der Waals surface area contributed by atoms with Gasteiger partial charge in [0.2, 0.25) is 10.0 Å². The molecule has 20 heavy (non-hydrogen) atoms. The minimum absolute atomic E-state index is 0.0454. The predicted molar refractivity (Wildman–Crippen MR) is 81.9 cm³/mol. The number of hydrogen-bond donors (Lipinski definition) is 2. The fourth-order valence-electron chi connectivity index (χ4n) is 1.85. The molecule has 0 aliphatic carbocycles. The average molecular weight is 363 g/mol. The van der Waals surface area contributed by atoms with E-state index in [0.29, 0.717) is 10.4 Å². The molecule has 0 saturated heterocycles. The van der Waals surface area contributed by atoms with Crippen molar-refractivity contribution in [2.45, 2.75) is 38.1 Å². The van der Waals surface area contributed by atoms with Gasteiger partial charge in [0.25, 0.3) is 5.91 Å². The lowest BCUT2D eigenvalue weighted by molar-refractivity contribution is 0.0924. The second-order valence-electron chi connectivity index (χ2n) is 4.92. The molecule has 0 radical (unpaired) electrons. The number of nitrogens with two attached hydrogens (primary N) is 1. The first-order valence-corrected chi connectivity index (χ1v) is 8.64. The quantitative estimate of drug-likeness (QED) is 0.841. The van der Waals surface area contributed by atoms with Gasteiger partial charge < -0.3 is 5.32 Å². The summed E-state index contributed by atoms with van der Waals surface area (Å²) in [5.74, 6) is 0.0000554. The van der Waals surface area contributed by atoms with Crippen LogP contribution in [-0.2, 0) is 10.0 Å². The van der Waals surface area contributed by atoms with Crippen molar-refractivity contribution in [3.05, 3.63) is 28.2 Å². The van der Waals surface area contributed by atoms with Crippen LogP contribution >= 0.6 is 15.9 Å². The standard InChI is InChI=1S/C13H19BrN2O3S/c1-4-11(8(2)3)16-13(17)9-5-6-10(14)12(7-9)20(15,18)19/h5-8,11H,4H2,1-3H3,(H,16,17)(H2,15,18,19). The van der Waals surface area contributed by atoms with Crippen molar-refractivity contribution in [3.8, 4) is 0 Å². The maximum atomic E-state index is 12.1. The topological polar surface area (TPSA) is 89.3 Å². The fraction of sp³-hybridized carbons (Fsp3) is 0.462. The minimum Gasteiger partial charge on any atom is -0.349 e. The van der Waals surface area contributed by atoms with Crippen molar-refractivity contribution >= 4 is 31.9 Å². The van der Waals surface area contributed by atoms with E-state index in [9.17, 15) is 13.2 Å². The van der Waals surface area contributed by atoms with Crippen molar-refractivity contribution in [2.24, 2.45) is 11.1 Å². The molecule has 0 fully saturated rings. The molecule has 1 atom stereocenters. The summed E-state index contributed by atoms with van der Waals surface area (Å²) >= 11 is 3.11. The van der Waals surface area contributed by atoms with Crippen LogP contribution in [0.2, 0.25) is 0 Å². The van der Waals surface area contributed by atoms with Crippen LogP contribution in [0, 0.1) is 5.92 Å². The van der Waals surface area contributed by atoms with E-state index in [1.165, 1.54) is 12.1 Å². The van der Waals surface area contributed by atoms with E-state index in [0.717, 1.165) is 6.42 Å². The summed E-state index contributed by atoms with van der Waals surface area (Å²) in [6, 6.07) is 4.39. The van der Waals surface area contributed by atoms with E-state index in [1.54, 1.807) is 6.07 Å². The van der Waals surface area contributed by atoms with Crippen LogP contribution in [0.3, 0.4) is 0 Å². The summed E-state index contributed by atoms with van der Waals surface area (Å²) in [7, 11) is -3.87. The molecule has 0 heterocycles. The van der Waals surface area contributed by atoms with Crippen LogP contribution in [0.15, 0.2) is 27.6 Å². The Bertz CT molecular complexity index is 600. The van der Waals surface area contributed by atoms with Crippen LogP contribution < -0.4 is 10.5 Å². The molecule has 0 aliphatic heterocycles.